The maximum absolute atomic E-state index is 12.5. The van der Waals surface area contributed by atoms with Gasteiger partial charge in [-0.2, -0.15) is 0 Å². The fraction of sp³-hybridized carbons (Fsp3) is 0.300. The molecule has 27 heavy (non-hydrogen) atoms. The quantitative estimate of drug-likeness (QED) is 0.712. The van der Waals surface area contributed by atoms with Gasteiger partial charge in [-0.3, -0.25) is 14.5 Å². The lowest BCUT2D eigenvalue weighted by molar-refractivity contribution is -0.122. The van der Waals surface area contributed by atoms with Gasteiger partial charge in [-0.15, -0.1) is 0 Å². The molecule has 2 aromatic rings. The number of carbonyl (C=O) groups is 2. The third kappa shape index (κ3) is 5.96. The highest BCUT2D eigenvalue weighted by Gasteiger charge is 2.21. The van der Waals surface area contributed by atoms with Crippen molar-refractivity contribution in [2.75, 3.05) is 24.2 Å². The first kappa shape index (κ1) is 21.2. The molecule has 0 radical (unpaired) electrons. The molecule has 0 spiro atoms. The van der Waals surface area contributed by atoms with E-state index in [4.69, 9.17) is 23.2 Å². The third-order valence-electron chi connectivity index (χ3n) is 4.29. The Bertz CT molecular complexity index is 827. The molecule has 0 fully saturated rings. The second-order valence-electron chi connectivity index (χ2n) is 6.26. The highest BCUT2D eigenvalue weighted by molar-refractivity contribution is 6.35. The Labute approximate surface area is 169 Å². The zero-order chi connectivity index (χ0) is 20.0. The number of amides is 2. The van der Waals surface area contributed by atoms with E-state index in [0.717, 1.165) is 17.7 Å². The number of hydrogen-bond acceptors (Lipinski definition) is 3. The number of rotatable bonds is 7. The number of likely N-dealkylation sites (N-methyl/N-ethyl adjacent to an activating group) is 1. The molecule has 5 nitrogen and oxygen atoms in total. The predicted molar refractivity (Wildman–Crippen MR) is 112 cm³/mol. The molecule has 2 amide bonds. The molecule has 2 rings (SSSR count). The average molecular weight is 408 g/mol. The molecule has 0 saturated carbocycles. The summed E-state index contributed by atoms with van der Waals surface area (Å²) in [6.45, 7) is 3.83. The number of halogens is 2. The van der Waals surface area contributed by atoms with Crippen LogP contribution in [0.4, 0.5) is 11.4 Å². The minimum atomic E-state index is -0.535. The summed E-state index contributed by atoms with van der Waals surface area (Å²) in [4.78, 5) is 26.5. The van der Waals surface area contributed by atoms with Crippen LogP contribution in [0.3, 0.4) is 0 Å². The summed E-state index contributed by atoms with van der Waals surface area (Å²) in [5.74, 6) is -0.456. The Morgan fingerprint density at radius 1 is 1.07 bits per heavy atom. The van der Waals surface area contributed by atoms with Gasteiger partial charge in [-0.05, 0) is 50.2 Å². The van der Waals surface area contributed by atoms with E-state index in [1.807, 2.05) is 31.2 Å². The van der Waals surface area contributed by atoms with Crippen LogP contribution in [-0.4, -0.2) is 36.3 Å². The van der Waals surface area contributed by atoms with Gasteiger partial charge in [0, 0.05) is 10.7 Å². The molecular weight excluding hydrogens is 385 g/mol. The van der Waals surface area contributed by atoms with Crippen molar-refractivity contribution >= 4 is 46.4 Å². The molecule has 1 atom stereocenters. The smallest absolute Gasteiger partial charge is 0.241 e. The Balaban J connectivity index is 1.95. The van der Waals surface area contributed by atoms with E-state index in [9.17, 15) is 9.59 Å². The van der Waals surface area contributed by atoms with Gasteiger partial charge in [-0.1, -0.05) is 48.3 Å². The van der Waals surface area contributed by atoms with Gasteiger partial charge in [0.25, 0.3) is 0 Å². The van der Waals surface area contributed by atoms with Crippen molar-refractivity contribution in [1.29, 1.82) is 0 Å². The van der Waals surface area contributed by atoms with Gasteiger partial charge in [0.1, 0.15) is 0 Å². The molecule has 0 aliphatic carbocycles. The number of para-hydroxylation sites is 1. The summed E-state index contributed by atoms with van der Waals surface area (Å²) in [6.07, 6.45) is 0.825. The molecule has 0 unspecified atom stereocenters. The van der Waals surface area contributed by atoms with Crippen LogP contribution in [0.1, 0.15) is 19.4 Å². The van der Waals surface area contributed by atoms with Gasteiger partial charge < -0.3 is 10.6 Å². The average Bonchev–Trinajstić information content (AvgIpc) is 2.64. The van der Waals surface area contributed by atoms with Gasteiger partial charge in [-0.25, -0.2) is 0 Å². The van der Waals surface area contributed by atoms with E-state index in [0.29, 0.717) is 15.7 Å². The van der Waals surface area contributed by atoms with E-state index in [1.54, 1.807) is 37.1 Å². The zero-order valence-corrected chi connectivity index (χ0v) is 17.1. The highest BCUT2D eigenvalue weighted by Crippen LogP contribution is 2.25. The predicted octanol–water partition coefficient (Wildman–Crippen LogP) is 4.45. The summed E-state index contributed by atoms with van der Waals surface area (Å²) in [6, 6.07) is 12.0. The second-order valence-corrected chi connectivity index (χ2v) is 7.11. The topological polar surface area (TPSA) is 61.4 Å². The molecule has 7 heteroatoms. The van der Waals surface area contributed by atoms with E-state index in [-0.39, 0.29) is 18.4 Å². The zero-order valence-electron chi connectivity index (χ0n) is 15.6. The molecule has 0 aliphatic rings. The largest absolute Gasteiger partial charge is 0.325 e. The number of carbonyl (C=O) groups excluding carboxylic acids is 2. The van der Waals surface area contributed by atoms with Crippen LogP contribution in [0, 0.1) is 0 Å². The Hall–Kier alpha value is -2.08. The molecule has 0 aliphatic heterocycles. The van der Waals surface area contributed by atoms with Crippen LogP contribution in [0.5, 0.6) is 0 Å². The molecule has 2 aromatic carbocycles. The number of hydrogen-bond donors (Lipinski definition) is 2. The van der Waals surface area contributed by atoms with Crippen molar-refractivity contribution in [3.05, 3.63) is 58.1 Å². The van der Waals surface area contributed by atoms with Crippen molar-refractivity contribution in [1.82, 2.24) is 4.90 Å². The monoisotopic (exact) mass is 407 g/mol. The number of benzene rings is 2. The van der Waals surface area contributed by atoms with Crippen LogP contribution in [0.15, 0.2) is 42.5 Å². The van der Waals surface area contributed by atoms with Crippen LogP contribution >= 0.6 is 23.2 Å². The minimum Gasteiger partial charge on any atom is -0.325 e. The van der Waals surface area contributed by atoms with Crippen molar-refractivity contribution in [3.63, 3.8) is 0 Å². The first-order valence-electron chi connectivity index (χ1n) is 8.65. The van der Waals surface area contributed by atoms with Crippen LogP contribution < -0.4 is 10.6 Å². The number of anilines is 2. The first-order valence-corrected chi connectivity index (χ1v) is 9.41. The molecule has 0 heterocycles. The molecule has 144 valence electrons. The Morgan fingerprint density at radius 3 is 2.48 bits per heavy atom. The number of aryl methyl sites for hydroxylation is 1. The Kier molecular flexibility index (Phi) is 7.66. The summed E-state index contributed by atoms with van der Waals surface area (Å²) in [7, 11) is 1.72. The first-order chi connectivity index (χ1) is 12.8. The Morgan fingerprint density at radius 2 is 1.78 bits per heavy atom. The molecule has 0 aromatic heterocycles. The van der Waals surface area contributed by atoms with Crippen molar-refractivity contribution in [2.45, 2.75) is 26.3 Å². The minimum absolute atomic E-state index is 0.0793. The van der Waals surface area contributed by atoms with E-state index in [1.165, 1.54) is 0 Å². The molecular formula is C20H23Cl2N3O2. The lowest BCUT2D eigenvalue weighted by atomic mass is 10.1. The van der Waals surface area contributed by atoms with E-state index < -0.39 is 6.04 Å². The maximum Gasteiger partial charge on any atom is 0.241 e. The lowest BCUT2D eigenvalue weighted by Gasteiger charge is -2.23. The maximum atomic E-state index is 12.5. The van der Waals surface area contributed by atoms with Crippen LogP contribution in [-0.2, 0) is 16.0 Å². The standard InChI is InChI=1S/C20H23Cl2N3O2/c1-4-14-7-5-6-8-17(14)23-19(26)12-25(3)13(2)20(27)24-18-11-15(21)9-10-16(18)22/h5-11,13H,4,12H2,1-3H3,(H,23,26)(H,24,27)/t13-/m0/s1. The van der Waals surface area contributed by atoms with Crippen molar-refractivity contribution < 1.29 is 9.59 Å². The van der Waals surface area contributed by atoms with Crippen LogP contribution in [0.2, 0.25) is 10.0 Å². The highest BCUT2D eigenvalue weighted by atomic mass is 35.5. The van der Waals surface area contributed by atoms with Crippen molar-refractivity contribution in [3.8, 4) is 0 Å². The third-order valence-corrected chi connectivity index (χ3v) is 4.86. The number of nitrogens with one attached hydrogen (secondary N) is 2. The van der Waals surface area contributed by atoms with Crippen molar-refractivity contribution in [2.24, 2.45) is 0 Å². The second kappa shape index (κ2) is 9.74. The van der Waals surface area contributed by atoms with Gasteiger partial charge in [0.05, 0.1) is 23.3 Å². The summed E-state index contributed by atoms with van der Waals surface area (Å²) < 4.78 is 0. The van der Waals surface area contributed by atoms with Gasteiger partial charge >= 0.3 is 0 Å². The number of nitrogens with zero attached hydrogens (tertiary/aromatic N) is 1. The van der Waals surface area contributed by atoms with Gasteiger partial charge in [0.15, 0.2) is 0 Å². The lowest BCUT2D eigenvalue weighted by Crippen LogP contribution is -2.43. The fourth-order valence-electron chi connectivity index (χ4n) is 2.53. The molecule has 0 bridgehead atoms. The summed E-state index contributed by atoms with van der Waals surface area (Å²) in [5.41, 5.74) is 2.30. The van der Waals surface area contributed by atoms with Crippen LogP contribution in [0.25, 0.3) is 0 Å². The normalized spacial score (nSPS) is 11.9. The molecule has 2 N–H and O–H groups in total. The van der Waals surface area contributed by atoms with Gasteiger partial charge in [0.2, 0.25) is 11.8 Å². The summed E-state index contributed by atoms with van der Waals surface area (Å²) >= 11 is 12.0. The molecule has 0 saturated heterocycles. The summed E-state index contributed by atoms with van der Waals surface area (Å²) in [5, 5.41) is 6.52. The van der Waals surface area contributed by atoms with E-state index in [2.05, 4.69) is 10.6 Å². The van der Waals surface area contributed by atoms with E-state index >= 15 is 0 Å². The fourth-order valence-corrected chi connectivity index (χ4v) is 2.87. The SMILES string of the molecule is CCc1ccccc1NC(=O)CN(C)[C@@H](C)C(=O)Nc1cc(Cl)ccc1Cl.